The molecular formula is C17H24N4O. The fourth-order valence-electron chi connectivity index (χ4n) is 3.75. The van der Waals surface area contributed by atoms with Crippen molar-refractivity contribution in [1.29, 1.82) is 0 Å². The van der Waals surface area contributed by atoms with E-state index in [0.29, 0.717) is 5.56 Å². The summed E-state index contributed by atoms with van der Waals surface area (Å²) in [5.74, 6) is -0.0119. The van der Waals surface area contributed by atoms with Crippen LogP contribution in [0.25, 0.3) is 5.52 Å². The molecule has 1 aliphatic heterocycles. The molecule has 0 bridgehead atoms. The maximum Gasteiger partial charge on any atom is 0.251 e. The van der Waals surface area contributed by atoms with Crippen molar-refractivity contribution in [2.75, 3.05) is 0 Å². The molecule has 3 rings (SSSR count). The van der Waals surface area contributed by atoms with Gasteiger partial charge in [0, 0.05) is 28.9 Å². The van der Waals surface area contributed by atoms with E-state index in [4.69, 9.17) is 0 Å². The molecule has 0 unspecified atom stereocenters. The van der Waals surface area contributed by atoms with Crippen LogP contribution < -0.4 is 10.6 Å². The van der Waals surface area contributed by atoms with Crippen LogP contribution in [-0.4, -0.2) is 32.4 Å². The fraction of sp³-hybridized carbons (Fsp3) is 0.529. The van der Waals surface area contributed by atoms with Crippen molar-refractivity contribution in [3.8, 4) is 0 Å². The van der Waals surface area contributed by atoms with Gasteiger partial charge in [0.1, 0.15) is 0 Å². The van der Waals surface area contributed by atoms with Gasteiger partial charge in [-0.25, -0.2) is 4.98 Å². The molecular weight excluding hydrogens is 276 g/mol. The summed E-state index contributed by atoms with van der Waals surface area (Å²) in [7, 11) is 0. The molecule has 0 spiro atoms. The third-order valence-electron chi connectivity index (χ3n) is 4.20. The van der Waals surface area contributed by atoms with Gasteiger partial charge in [-0.1, -0.05) is 0 Å². The van der Waals surface area contributed by atoms with Crippen molar-refractivity contribution >= 4 is 11.4 Å². The molecule has 1 aliphatic rings. The minimum absolute atomic E-state index is 0.0119. The number of fused-ring (bicyclic) bond motifs is 1. The molecule has 1 fully saturated rings. The molecule has 2 aromatic heterocycles. The Kier molecular flexibility index (Phi) is 3.48. The van der Waals surface area contributed by atoms with Crippen molar-refractivity contribution in [2.24, 2.45) is 0 Å². The molecule has 0 aliphatic carbocycles. The lowest BCUT2D eigenvalue weighted by Gasteiger charge is -2.46. The third kappa shape index (κ3) is 3.14. The molecule has 5 nitrogen and oxygen atoms in total. The molecule has 0 aromatic carbocycles. The van der Waals surface area contributed by atoms with Crippen LogP contribution in [0.15, 0.2) is 30.9 Å². The number of imidazole rings is 1. The van der Waals surface area contributed by atoms with Gasteiger partial charge in [-0.3, -0.25) is 4.79 Å². The van der Waals surface area contributed by atoms with Gasteiger partial charge in [0.2, 0.25) is 0 Å². The molecule has 118 valence electrons. The van der Waals surface area contributed by atoms with E-state index in [1.807, 2.05) is 22.7 Å². The van der Waals surface area contributed by atoms with Crippen LogP contribution >= 0.6 is 0 Å². The molecule has 0 atom stereocenters. The normalized spacial score (nSPS) is 20.9. The minimum Gasteiger partial charge on any atom is -0.349 e. The monoisotopic (exact) mass is 300 g/mol. The molecule has 5 heteroatoms. The van der Waals surface area contributed by atoms with Gasteiger partial charge in [0.25, 0.3) is 5.91 Å². The highest BCUT2D eigenvalue weighted by molar-refractivity contribution is 5.95. The number of nitrogens with one attached hydrogen (secondary N) is 2. The number of aromatic nitrogens is 2. The Morgan fingerprint density at radius 2 is 2.00 bits per heavy atom. The Morgan fingerprint density at radius 3 is 2.68 bits per heavy atom. The van der Waals surface area contributed by atoms with E-state index in [2.05, 4.69) is 43.3 Å². The van der Waals surface area contributed by atoms with Crippen molar-refractivity contribution in [3.05, 3.63) is 36.4 Å². The summed E-state index contributed by atoms with van der Waals surface area (Å²) in [6, 6.07) is 3.89. The van der Waals surface area contributed by atoms with E-state index >= 15 is 0 Å². The number of rotatable bonds is 2. The first kappa shape index (κ1) is 15.0. The average molecular weight is 300 g/mol. The molecule has 0 saturated carbocycles. The second-order valence-electron chi connectivity index (χ2n) is 7.61. The zero-order chi connectivity index (χ0) is 16.0. The van der Waals surface area contributed by atoms with Gasteiger partial charge < -0.3 is 15.0 Å². The van der Waals surface area contributed by atoms with E-state index in [1.54, 1.807) is 12.5 Å². The zero-order valence-corrected chi connectivity index (χ0v) is 13.7. The van der Waals surface area contributed by atoms with Crippen molar-refractivity contribution in [1.82, 2.24) is 20.0 Å². The quantitative estimate of drug-likeness (QED) is 0.895. The lowest BCUT2D eigenvalue weighted by molar-refractivity contribution is 0.0873. The number of nitrogens with zero attached hydrogens (tertiary/aromatic N) is 2. The molecule has 1 saturated heterocycles. The molecule has 1 amide bonds. The molecule has 2 N–H and O–H groups in total. The highest BCUT2D eigenvalue weighted by atomic mass is 16.1. The summed E-state index contributed by atoms with van der Waals surface area (Å²) < 4.78 is 1.90. The van der Waals surface area contributed by atoms with E-state index in [1.165, 1.54) is 0 Å². The summed E-state index contributed by atoms with van der Waals surface area (Å²) in [6.07, 6.45) is 7.21. The minimum atomic E-state index is -0.0119. The standard InChI is InChI=1S/C17H24N4O/c1-16(2)8-13(9-17(3,4)20-16)19-15(22)12-5-6-21-11-18-10-14(21)7-12/h5-7,10-11,13,20H,8-9H2,1-4H3,(H,19,22). The smallest absolute Gasteiger partial charge is 0.251 e. The van der Waals surface area contributed by atoms with Crippen LogP contribution in [0.3, 0.4) is 0 Å². The lowest BCUT2D eigenvalue weighted by Crippen LogP contribution is -2.62. The first-order chi connectivity index (χ1) is 10.2. The maximum absolute atomic E-state index is 12.5. The Labute approximate surface area is 131 Å². The maximum atomic E-state index is 12.5. The van der Waals surface area contributed by atoms with Crippen LogP contribution in [0, 0.1) is 0 Å². The van der Waals surface area contributed by atoms with Gasteiger partial charge in [-0.15, -0.1) is 0 Å². The van der Waals surface area contributed by atoms with Crippen molar-refractivity contribution in [3.63, 3.8) is 0 Å². The number of piperidine rings is 1. The van der Waals surface area contributed by atoms with Crippen LogP contribution in [0.4, 0.5) is 0 Å². The van der Waals surface area contributed by atoms with E-state index in [0.717, 1.165) is 18.4 Å². The first-order valence-corrected chi connectivity index (χ1v) is 7.76. The summed E-state index contributed by atoms with van der Waals surface area (Å²) in [6.45, 7) is 8.74. The second kappa shape index (κ2) is 5.09. The Bertz CT molecular complexity index is 686. The average Bonchev–Trinajstić information content (AvgIpc) is 2.81. The summed E-state index contributed by atoms with van der Waals surface area (Å²) in [5.41, 5.74) is 1.66. The van der Waals surface area contributed by atoms with Crippen LogP contribution in [0.5, 0.6) is 0 Å². The summed E-state index contributed by atoms with van der Waals surface area (Å²) in [5, 5.41) is 6.83. The number of carbonyl (C=O) groups excluding carboxylic acids is 1. The van der Waals surface area contributed by atoms with Gasteiger partial charge in [-0.05, 0) is 52.7 Å². The molecule has 0 radical (unpaired) electrons. The second-order valence-corrected chi connectivity index (χ2v) is 7.61. The third-order valence-corrected chi connectivity index (χ3v) is 4.20. The van der Waals surface area contributed by atoms with Crippen LogP contribution in [0.2, 0.25) is 0 Å². The van der Waals surface area contributed by atoms with Gasteiger partial charge >= 0.3 is 0 Å². The van der Waals surface area contributed by atoms with Gasteiger partial charge in [0.15, 0.2) is 0 Å². The Morgan fingerprint density at radius 1 is 1.32 bits per heavy atom. The summed E-state index contributed by atoms with van der Waals surface area (Å²) in [4.78, 5) is 16.6. The number of hydrogen-bond acceptors (Lipinski definition) is 3. The van der Waals surface area contributed by atoms with E-state index in [9.17, 15) is 4.79 Å². The predicted molar refractivity (Wildman–Crippen MR) is 87.0 cm³/mol. The van der Waals surface area contributed by atoms with Gasteiger partial charge in [-0.2, -0.15) is 0 Å². The molecule has 2 aromatic rings. The van der Waals surface area contributed by atoms with E-state index in [-0.39, 0.29) is 23.0 Å². The van der Waals surface area contributed by atoms with Crippen LogP contribution in [-0.2, 0) is 0 Å². The number of amides is 1. The zero-order valence-electron chi connectivity index (χ0n) is 13.7. The number of carbonyl (C=O) groups is 1. The Balaban J connectivity index is 1.75. The molecule has 3 heterocycles. The Hall–Kier alpha value is -1.88. The van der Waals surface area contributed by atoms with Gasteiger partial charge in [0.05, 0.1) is 18.0 Å². The number of hydrogen-bond donors (Lipinski definition) is 2. The summed E-state index contributed by atoms with van der Waals surface area (Å²) >= 11 is 0. The topological polar surface area (TPSA) is 58.4 Å². The highest BCUT2D eigenvalue weighted by Crippen LogP contribution is 2.28. The SMILES string of the molecule is CC1(C)CC(NC(=O)c2ccn3cncc3c2)CC(C)(C)N1. The molecule has 22 heavy (non-hydrogen) atoms. The largest absolute Gasteiger partial charge is 0.349 e. The number of pyridine rings is 1. The van der Waals surface area contributed by atoms with Crippen LogP contribution in [0.1, 0.15) is 50.9 Å². The first-order valence-electron chi connectivity index (χ1n) is 7.76. The lowest BCUT2D eigenvalue weighted by atomic mass is 9.79. The fourth-order valence-corrected chi connectivity index (χ4v) is 3.75. The van der Waals surface area contributed by atoms with Crippen molar-refractivity contribution < 1.29 is 4.79 Å². The predicted octanol–water partition coefficient (Wildman–Crippen LogP) is 2.37. The van der Waals surface area contributed by atoms with E-state index < -0.39 is 0 Å². The highest BCUT2D eigenvalue weighted by Gasteiger charge is 2.38. The van der Waals surface area contributed by atoms with Crippen molar-refractivity contribution in [2.45, 2.75) is 57.7 Å².